The average molecular weight is 271 g/mol. The van der Waals surface area contributed by atoms with Gasteiger partial charge in [0.25, 0.3) is 5.56 Å². The molecule has 1 aliphatic rings. The fourth-order valence-corrected chi connectivity index (χ4v) is 2.51. The van der Waals surface area contributed by atoms with Gasteiger partial charge in [-0.1, -0.05) is 12.1 Å². The lowest BCUT2D eigenvalue weighted by molar-refractivity contribution is -0.135. The summed E-state index contributed by atoms with van der Waals surface area (Å²) in [5.41, 5.74) is 1.18. The molecule has 1 aromatic carbocycles. The number of amides is 2. The molecule has 6 heteroatoms. The molecule has 1 N–H and O–H groups in total. The van der Waals surface area contributed by atoms with Gasteiger partial charge in [-0.2, -0.15) is 0 Å². The van der Waals surface area contributed by atoms with Crippen LogP contribution in [0.3, 0.4) is 0 Å². The van der Waals surface area contributed by atoms with Crippen molar-refractivity contribution in [3.05, 3.63) is 40.4 Å². The van der Waals surface area contributed by atoms with E-state index >= 15 is 0 Å². The lowest BCUT2D eigenvalue weighted by Crippen LogP contribution is -2.44. The number of hydrogen-bond acceptors (Lipinski definition) is 4. The number of carbonyl (C=O) groups is 2. The number of imide groups is 1. The molecule has 0 unspecified atom stereocenters. The summed E-state index contributed by atoms with van der Waals surface area (Å²) in [7, 11) is 0. The minimum atomic E-state index is -0.670. The minimum Gasteiger partial charge on any atom is -0.295 e. The number of nitrogens with zero attached hydrogens (tertiary/aromatic N) is 2. The SMILES string of the molecule is Cc1cccc2ncn([C@@H]3CCC(=O)NC3=O)c(=O)c12. The van der Waals surface area contributed by atoms with Gasteiger partial charge in [0.05, 0.1) is 17.2 Å². The fraction of sp³-hybridized carbons (Fsp3) is 0.286. The number of aromatic nitrogens is 2. The Kier molecular flexibility index (Phi) is 2.85. The van der Waals surface area contributed by atoms with Crippen LogP contribution in [0.25, 0.3) is 10.9 Å². The maximum atomic E-state index is 12.5. The van der Waals surface area contributed by atoms with Crippen molar-refractivity contribution in [2.45, 2.75) is 25.8 Å². The van der Waals surface area contributed by atoms with Gasteiger partial charge in [0.2, 0.25) is 11.8 Å². The van der Waals surface area contributed by atoms with Crippen LogP contribution in [-0.4, -0.2) is 21.4 Å². The summed E-state index contributed by atoms with van der Waals surface area (Å²) in [4.78, 5) is 39.8. The van der Waals surface area contributed by atoms with E-state index in [1.54, 1.807) is 6.07 Å². The lowest BCUT2D eigenvalue weighted by atomic mass is 10.1. The normalized spacial score (nSPS) is 19.1. The summed E-state index contributed by atoms with van der Waals surface area (Å²) in [5, 5.41) is 2.77. The Morgan fingerprint density at radius 1 is 1.30 bits per heavy atom. The van der Waals surface area contributed by atoms with Crippen molar-refractivity contribution in [1.29, 1.82) is 0 Å². The van der Waals surface area contributed by atoms with Gasteiger partial charge >= 0.3 is 0 Å². The molecule has 0 aliphatic carbocycles. The van der Waals surface area contributed by atoms with Gasteiger partial charge in [-0.25, -0.2) is 4.98 Å². The Labute approximate surface area is 114 Å². The first kappa shape index (κ1) is 12.5. The van der Waals surface area contributed by atoms with E-state index in [4.69, 9.17) is 0 Å². The molecule has 2 amide bonds. The Bertz CT molecular complexity index is 779. The summed E-state index contributed by atoms with van der Waals surface area (Å²) in [6.45, 7) is 1.83. The third kappa shape index (κ3) is 1.89. The molecular formula is C14H13N3O3. The van der Waals surface area contributed by atoms with Crippen LogP contribution in [0.15, 0.2) is 29.3 Å². The molecule has 2 heterocycles. The standard InChI is InChI=1S/C14H13N3O3/c1-8-3-2-4-9-12(8)14(20)17(7-15-9)10-5-6-11(18)16-13(10)19/h2-4,7,10H,5-6H2,1H3,(H,16,18,19)/t10-/m1/s1. The van der Waals surface area contributed by atoms with E-state index in [0.29, 0.717) is 17.3 Å². The molecular weight excluding hydrogens is 258 g/mol. The molecule has 20 heavy (non-hydrogen) atoms. The largest absolute Gasteiger partial charge is 0.295 e. The fourth-order valence-electron chi connectivity index (χ4n) is 2.51. The molecule has 0 spiro atoms. The lowest BCUT2D eigenvalue weighted by Gasteiger charge is -2.22. The zero-order valence-corrected chi connectivity index (χ0v) is 10.9. The Morgan fingerprint density at radius 2 is 2.10 bits per heavy atom. The highest BCUT2D eigenvalue weighted by Crippen LogP contribution is 2.18. The summed E-state index contributed by atoms with van der Waals surface area (Å²) in [6.07, 6.45) is 1.93. The van der Waals surface area contributed by atoms with Crippen LogP contribution in [0.2, 0.25) is 0 Å². The second kappa shape index (κ2) is 4.56. The number of fused-ring (bicyclic) bond motifs is 1. The zero-order chi connectivity index (χ0) is 14.3. The van der Waals surface area contributed by atoms with Crippen molar-refractivity contribution in [1.82, 2.24) is 14.9 Å². The van der Waals surface area contributed by atoms with Crippen LogP contribution < -0.4 is 10.9 Å². The van der Waals surface area contributed by atoms with E-state index in [-0.39, 0.29) is 17.9 Å². The Hall–Kier alpha value is -2.50. The first-order valence-electron chi connectivity index (χ1n) is 6.38. The van der Waals surface area contributed by atoms with Crippen molar-refractivity contribution < 1.29 is 9.59 Å². The van der Waals surface area contributed by atoms with Gasteiger partial charge in [-0.15, -0.1) is 0 Å². The van der Waals surface area contributed by atoms with Gasteiger partial charge in [-0.05, 0) is 25.0 Å². The topological polar surface area (TPSA) is 81.1 Å². The van der Waals surface area contributed by atoms with Crippen LogP contribution in [-0.2, 0) is 9.59 Å². The van der Waals surface area contributed by atoms with E-state index in [1.165, 1.54) is 10.9 Å². The van der Waals surface area contributed by atoms with Crippen molar-refractivity contribution in [2.75, 3.05) is 0 Å². The number of hydrogen-bond donors (Lipinski definition) is 1. The molecule has 1 fully saturated rings. The predicted molar refractivity (Wildman–Crippen MR) is 72.2 cm³/mol. The molecule has 0 bridgehead atoms. The third-order valence-electron chi connectivity index (χ3n) is 3.57. The van der Waals surface area contributed by atoms with Gasteiger partial charge in [0, 0.05) is 6.42 Å². The molecule has 102 valence electrons. The highest BCUT2D eigenvalue weighted by atomic mass is 16.2. The van der Waals surface area contributed by atoms with Crippen LogP contribution >= 0.6 is 0 Å². The number of rotatable bonds is 1. The van der Waals surface area contributed by atoms with E-state index in [2.05, 4.69) is 10.3 Å². The van der Waals surface area contributed by atoms with Crippen LogP contribution in [0.5, 0.6) is 0 Å². The first-order valence-corrected chi connectivity index (χ1v) is 6.38. The zero-order valence-electron chi connectivity index (χ0n) is 10.9. The molecule has 0 saturated carbocycles. The van der Waals surface area contributed by atoms with Crippen molar-refractivity contribution in [3.63, 3.8) is 0 Å². The molecule has 1 atom stereocenters. The van der Waals surface area contributed by atoms with E-state index in [9.17, 15) is 14.4 Å². The van der Waals surface area contributed by atoms with E-state index < -0.39 is 11.9 Å². The van der Waals surface area contributed by atoms with Crippen molar-refractivity contribution >= 4 is 22.7 Å². The molecule has 1 aliphatic heterocycles. The minimum absolute atomic E-state index is 0.231. The van der Waals surface area contributed by atoms with Crippen molar-refractivity contribution in [2.24, 2.45) is 0 Å². The smallest absolute Gasteiger partial charge is 0.262 e. The summed E-state index contributed by atoms with van der Waals surface area (Å²) < 4.78 is 1.32. The van der Waals surface area contributed by atoms with E-state index in [0.717, 1.165) is 5.56 Å². The highest BCUT2D eigenvalue weighted by Gasteiger charge is 2.29. The number of piperidine rings is 1. The van der Waals surface area contributed by atoms with Crippen LogP contribution in [0, 0.1) is 6.92 Å². The second-order valence-corrected chi connectivity index (χ2v) is 4.89. The molecule has 1 aromatic heterocycles. The van der Waals surface area contributed by atoms with E-state index in [1.807, 2.05) is 19.1 Å². The Balaban J connectivity index is 2.16. The number of carbonyl (C=O) groups excluding carboxylic acids is 2. The molecule has 2 aromatic rings. The maximum Gasteiger partial charge on any atom is 0.262 e. The average Bonchev–Trinajstić information content (AvgIpc) is 2.40. The van der Waals surface area contributed by atoms with Gasteiger partial charge in [-0.3, -0.25) is 24.3 Å². The van der Waals surface area contributed by atoms with Gasteiger partial charge in [0.1, 0.15) is 6.04 Å². The third-order valence-corrected chi connectivity index (χ3v) is 3.57. The van der Waals surface area contributed by atoms with Gasteiger partial charge in [0.15, 0.2) is 0 Å². The maximum absolute atomic E-state index is 12.5. The summed E-state index contributed by atoms with van der Waals surface area (Å²) in [6, 6.07) is 4.76. The summed E-state index contributed by atoms with van der Waals surface area (Å²) >= 11 is 0. The predicted octanol–water partition coefficient (Wildman–Crippen LogP) is 0.683. The molecule has 1 saturated heterocycles. The quantitative estimate of drug-likeness (QED) is 0.773. The molecule has 0 radical (unpaired) electrons. The Morgan fingerprint density at radius 3 is 2.85 bits per heavy atom. The van der Waals surface area contributed by atoms with Crippen molar-refractivity contribution in [3.8, 4) is 0 Å². The highest BCUT2D eigenvalue weighted by molar-refractivity contribution is 5.99. The molecule has 6 nitrogen and oxygen atoms in total. The van der Waals surface area contributed by atoms with Gasteiger partial charge < -0.3 is 0 Å². The monoisotopic (exact) mass is 271 g/mol. The number of aryl methyl sites for hydroxylation is 1. The number of benzene rings is 1. The summed E-state index contributed by atoms with van der Waals surface area (Å²) in [5.74, 6) is -0.748. The number of nitrogens with one attached hydrogen (secondary N) is 1. The molecule has 3 rings (SSSR count). The van der Waals surface area contributed by atoms with Crippen LogP contribution in [0.4, 0.5) is 0 Å². The van der Waals surface area contributed by atoms with Crippen LogP contribution in [0.1, 0.15) is 24.4 Å². The first-order chi connectivity index (χ1) is 9.58. The second-order valence-electron chi connectivity index (χ2n) is 4.89.